The Balaban J connectivity index is 1.79. The van der Waals surface area contributed by atoms with E-state index in [1.54, 1.807) is 0 Å². The molecule has 0 radical (unpaired) electrons. The van der Waals surface area contributed by atoms with Gasteiger partial charge in [-0.25, -0.2) is 4.98 Å². The summed E-state index contributed by atoms with van der Waals surface area (Å²) in [6.45, 7) is 3.41. The van der Waals surface area contributed by atoms with Crippen LogP contribution >= 0.6 is 15.9 Å². The van der Waals surface area contributed by atoms with E-state index in [2.05, 4.69) is 44.5 Å². The van der Waals surface area contributed by atoms with Gasteiger partial charge < -0.3 is 10.6 Å². The van der Waals surface area contributed by atoms with Gasteiger partial charge in [0.1, 0.15) is 4.60 Å². The molecule has 2 heterocycles. The number of piperidine rings is 1. The van der Waals surface area contributed by atoms with E-state index in [0.29, 0.717) is 12.1 Å². The van der Waals surface area contributed by atoms with Crippen molar-refractivity contribution in [1.82, 2.24) is 10.3 Å². The van der Waals surface area contributed by atoms with Gasteiger partial charge in [0, 0.05) is 12.1 Å². The Morgan fingerprint density at radius 3 is 3.06 bits per heavy atom. The van der Waals surface area contributed by atoms with Crippen LogP contribution in [-0.4, -0.2) is 23.6 Å². The van der Waals surface area contributed by atoms with E-state index in [9.17, 15) is 0 Å². The fourth-order valence-electron chi connectivity index (χ4n) is 2.36. The predicted octanol–water partition coefficient (Wildman–Crippen LogP) is 3.18. The van der Waals surface area contributed by atoms with Crippen LogP contribution in [0.2, 0.25) is 0 Å². The predicted molar refractivity (Wildman–Crippen MR) is 75.3 cm³/mol. The second kappa shape index (κ2) is 6.36. The molecule has 1 aliphatic rings. The van der Waals surface area contributed by atoms with Crippen LogP contribution in [0.1, 0.15) is 32.6 Å². The van der Waals surface area contributed by atoms with Crippen LogP contribution in [-0.2, 0) is 0 Å². The molecule has 0 bridgehead atoms. The molecule has 0 aliphatic carbocycles. The van der Waals surface area contributed by atoms with Crippen LogP contribution in [0.5, 0.6) is 0 Å². The quantitative estimate of drug-likeness (QED) is 0.838. The Morgan fingerprint density at radius 2 is 2.41 bits per heavy atom. The lowest BCUT2D eigenvalue weighted by Gasteiger charge is -2.26. The average molecular weight is 298 g/mol. The largest absolute Gasteiger partial charge is 0.381 e. The first-order chi connectivity index (χ1) is 8.24. The van der Waals surface area contributed by atoms with Gasteiger partial charge in [-0.15, -0.1) is 0 Å². The molecule has 1 aromatic rings. The van der Waals surface area contributed by atoms with Gasteiger partial charge in [0.05, 0.1) is 11.9 Å². The molecule has 0 spiro atoms. The number of halogens is 1. The summed E-state index contributed by atoms with van der Waals surface area (Å²) < 4.78 is 0.879. The summed E-state index contributed by atoms with van der Waals surface area (Å²) in [6.07, 6.45) is 7.05. The first kappa shape index (κ1) is 12.8. The smallest absolute Gasteiger partial charge is 0.106 e. The highest BCUT2D eigenvalue weighted by Crippen LogP contribution is 2.16. The molecule has 1 saturated heterocycles. The maximum atomic E-state index is 4.22. The molecular weight excluding hydrogens is 278 g/mol. The normalized spacial score (nSPS) is 22.1. The molecule has 3 nitrogen and oxygen atoms in total. The first-order valence-corrected chi connectivity index (χ1v) is 7.15. The number of pyridine rings is 1. The van der Waals surface area contributed by atoms with Crippen LogP contribution in [0, 0.1) is 0 Å². The van der Waals surface area contributed by atoms with Gasteiger partial charge in [-0.05, 0) is 60.8 Å². The highest BCUT2D eigenvalue weighted by atomic mass is 79.9. The third-order valence-corrected chi connectivity index (χ3v) is 3.66. The van der Waals surface area contributed by atoms with Crippen molar-refractivity contribution in [1.29, 1.82) is 0 Å². The summed E-state index contributed by atoms with van der Waals surface area (Å²) >= 11 is 3.34. The molecule has 1 fully saturated rings. The van der Waals surface area contributed by atoms with E-state index in [1.807, 2.05) is 12.3 Å². The van der Waals surface area contributed by atoms with Crippen molar-refractivity contribution in [2.24, 2.45) is 0 Å². The molecule has 2 atom stereocenters. The van der Waals surface area contributed by atoms with Crippen LogP contribution in [0.4, 0.5) is 5.69 Å². The highest BCUT2D eigenvalue weighted by Gasteiger charge is 2.15. The number of hydrogen-bond donors (Lipinski definition) is 2. The molecule has 17 heavy (non-hydrogen) atoms. The lowest BCUT2D eigenvalue weighted by atomic mass is 9.99. The standard InChI is InChI=1S/C13H20BrN3/c1-10(8-11-4-2-3-7-15-11)17-12-5-6-13(14)16-9-12/h5-6,9-11,15,17H,2-4,7-8H2,1H3. The summed E-state index contributed by atoms with van der Waals surface area (Å²) in [5.41, 5.74) is 1.09. The fraction of sp³-hybridized carbons (Fsp3) is 0.615. The summed E-state index contributed by atoms with van der Waals surface area (Å²) in [6, 6.07) is 5.18. The van der Waals surface area contributed by atoms with Crippen LogP contribution in [0.15, 0.2) is 22.9 Å². The van der Waals surface area contributed by atoms with E-state index >= 15 is 0 Å². The molecule has 94 valence electrons. The van der Waals surface area contributed by atoms with Gasteiger partial charge in [0.15, 0.2) is 0 Å². The minimum atomic E-state index is 0.480. The minimum absolute atomic E-state index is 0.480. The van der Waals surface area contributed by atoms with E-state index in [0.717, 1.165) is 10.3 Å². The Bertz CT molecular complexity index is 333. The van der Waals surface area contributed by atoms with Crippen molar-refractivity contribution < 1.29 is 0 Å². The van der Waals surface area contributed by atoms with Gasteiger partial charge in [0.2, 0.25) is 0 Å². The minimum Gasteiger partial charge on any atom is -0.381 e. The Kier molecular flexibility index (Phi) is 4.80. The van der Waals surface area contributed by atoms with E-state index < -0.39 is 0 Å². The van der Waals surface area contributed by atoms with E-state index in [4.69, 9.17) is 0 Å². The average Bonchev–Trinajstić information content (AvgIpc) is 2.33. The zero-order chi connectivity index (χ0) is 12.1. The third-order valence-electron chi connectivity index (χ3n) is 3.19. The summed E-state index contributed by atoms with van der Waals surface area (Å²) in [7, 11) is 0. The zero-order valence-electron chi connectivity index (χ0n) is 10.2. The van der Waals surface area contributed by atoms with Gasteiger partial charge in [-0.3, -0.25) is 0 Å². The van der Waals surface area contributed by atoms with Crippen molar-refractivity contribution in [2.75, 3.05) is 11.9 Å². The molecule has 0 saturated carbocycles. The highest BCUT2D eigenvalue weighted by molar-refractivity contribution is 9.10. The van der Waals surface area contributed by atoms with Crippen molar-refractivity contribution in [3.05, 3.63) is 22.9 Å². The zero-order valence-corrected chi connectivity index (χ0v) is 11.8. The monoisotopic (exact) mass is 297 g/mol. The fourth-order valence-corrected chi connectivity index (χ4v) is 2.59. The summed E-state index contributed by atoms with van der Waals surface area (Å²) in [5.74, 6) is 0. The van der Waals surface area contributed by atoms with Crippen molar-refractivity contribution in [3.63, 3.8) is 0 Å². The number of hydrogen-bond acceptors (Lipinski definition) is 3. The number of nitrogens with zero attached hydrogens (tertiary/aromatic N) is 1. The second-order valence-electron chi connectivity index (χ2n) is 4.80. The van der Waals surface area contributed by atoms with Crippen LogP contribution in [0.25, 0.3) is 0 Å². The van der Waals surface area contributed by atoms with Crippen molar-refractivity contribution in [2.45, 2.75) is 44.7 Å². The number of anilines is 1. The van der Waals surface area contributed by atoms with Gasteiger partial charge in [-0.1, -0.05) is 6.42 Å². The molecule has 2 unspecified atom stereocenters. The molecule has 0 amide bonds. The molecule has 1 aliphatic heterocycles. The van der Waals surface area contributed by atoms with Gasteiger partial charge in [-0.2, -0.15) is 0 Å². The maximum absolute atomic E-state index is 4.22. The van der Waals surface area contributed by atoms with Gasteiger partial charge in [0.25, 0.3) is 0 Å². The SMILES string of the molecule is CC(CC1CCCCN1)Nc1ccc(Br)nc1. The topological polar surface area (TPSA) is 37.0 Å². The number of nitrogens with one attached hydrogen (secondary N) is 2. The molecule has 2 rings (SSSR count). The maximum Gasteiger partial charge on any atom is 0.106 e. The van der Waals surface area contributed by atoms with Crippen LogP contribution < -0.4 is 10.6 Å². The number of rotatable bonds is 4. The summed E-state index contributed by atoms with van der Waals surface area (Å²) in [5, 5.41) is 7.07. The molecule has 0 aromatic carbocycles. The Morgan fingerprint density at radius 1 is 1.53 bits per heavy atom. The van der Waals surface area contributed by atoms with E-state index in [1.165, 1.54) is 32.2 Å². The Hall–Kier alpha value is -0.610. The lowest BCUT2D eigenvalue weighted by molar-refractivity contribution is 0.371. The lowest BCUT2D eigenvalue weighted by Crippen LogP contribution is -2.37. The first-order valence-electron chi connectivity index (χ1n) is 6.35. The van der Waals surface area contributed by atoms with Gasteiger partial charge >= 0.3 is 0 Å². The van der Waals surface area contributed by atoms with Crippen molar-refractivity contribution in [3.8, 4) is 0 Å². The molecular formula is C13H20BrN3. The van der Waals surface area contributed by atoms with Crippen LogP contribution in [0.3, 0.4) is 0 Å². The third kappa shape index (κ3) is 4.28. The molecule has 4 heteroatoms. The second-order valence-corrected chi connectivity index (χ2v) is 5.61. The molecule has 2 N–H and O–H groups in total. The Labute approximate surface area is 112 Å². The van der Waals surface area contributed by atoms with E-state index in [-0.39, 0.29) is 0 Å². The molecule has 1 aromatic heterocycles. The summed E-state index contributed by atoms with van der Waals surface area (Å²) in [4.78, 5) is 4.22. The number of aromatic nitrogens is 1. The van der Waals surface area contributed by atoms with Crippen molar-refractivity contribution >= 4 is 21.6 Å².